The largest absolute Gasteiger partial charge is 0.478 e. The first-order valence-corrected chi connectivity index (χ1v) is 11.7. The SMILES string of the molecule is C=C(CC(CSc1ccccc1)OC(CSc1ccccc1)CC(=C)C(=O)O)C(=O)O. The van der Waals surface area contributed by atoms with Crippen LogP contribution in [0.15, 0.2) is 94.8 Å². The molecule has 164 valence electrons. The molecule has 2 unspecified atom stereocenters. The lowest BCUT2D eigenvalue weighted by Gasteiger charge is -2.25. The van der Waals surface area contributed by atoms with Gasteiger partial charge in [0.05, 0.1) is 12.2 Å². The molecule has 0 bridgehead atoms. The Kier molecular flexibility index (Phi) is 10.4. The summed E-state index contributed by atoms with van der Waals surface area (Å²) in [5.41, 5.74) is 0.121. The van der Waals surface area contributed by atoms with Gasteiger partial charge in [-0.1, -0.05) is 49.6 Å². The Hall–Kier alpha value is -2.48. The van der Waals surface area contributed by atoms with Gasteiger partial charge in [-0.05, 0) is 24.3 Å². The standard InChI is InChI=1S/C24H26O5S2/c1-17(23(25)26)13-19(15-30-21-9-5-3-6-10-21)29-20(14-18(2)24(27)28)16-31-22-11-7-4-8-12-22/h3-12,19-20H,1-2,13-16H2,(H,25,26)(H,27,28). The first-order valence-electron chi connectivity index (χ1n) is 9.68. The smallest absolute Gasteiger partial charge is 0.331 e. The summed E-state index contributed by atoms with van der Waals surface area (Å²) in [6, 6.07) is 19.5. The highest BCUT2D eigenvalue weighted by molar-refractivity contribution is 7.99. The minimum atomic E-state index is -1.07. The molecule has 0 saturated carbocycles. The van der Waals surface area contributed by atoms with E-state index in [4.69, 9.17) is 4.74 Å². The van der Waals surface area contributed by atoms with Crippen molar-refractivity contribution in [3.63, 3.8) is 0 Å². The molecular weight excluding hydrogens is 432 g/mol. The Morgan fingerprint density at radius 1 is 0.742 bits per heavy atom. The lowest BCUT2D eigenvalue weighted by atomic mass is 10.1. The van der Waals surface area contributed by atoms with Gasteiger partial charge in [0.1, 0.15) is 0 Å². The molecule has 2 atom stereocenters. The van der Waals surface area contributed by atoms with E-state index < -0.39 is 24.1 Å². The number of ether oxygens (including phenoxy) is 1. The fourth-order valence-corrected chi connectivity index (χ4v) is 4.55. The van der Waals surface area contributed by atoms with Crippen molar-refractivity contribution < 1.29 is 24.5 Å². The van der Waals surface area contributed by atoms with E-state index in [1.807, 2.05) is 60.7 Å². The van der Waals surface area contributed by atoms with Gasteiger partial charge in [0, 0.05) is 45.3 Å². The van der Waals surface area contributed by atoms with Crippen LogP contribution in [0.4, 0.5) is 0 Å². The van der Waals surface area contributed by atoms with E-state index in [1.165, 1.54) is 0 Å². The Labute approximate surface area is 191 Å². The molecule has 31 heavy (non-hydrogen) atoms. The third-order valence-corrected chi connectivity index (χ3v) is 6.58. The normalized spacial score (nSPS) is 12.6. The lowest BCUT2D eigenvalue weighted by Crippen LogP contribution is -2.28. The van der Waals surface area contributed by atoms with E-state index in [1.54, 1.807) is 23.5 Å². The fraction of sp³-hybridized carbons (Fsp3) is 0.250. The molecule has 0 aliphatic heterocycles. The average Bonchev–Trinajstić information content (AvgIpc) is 2.76. The van der Waals surface area contributed by atoms with Gasteiger partial charge in [-0.3, -0.25) is 0 Å². The summed E-state index contributed by atoms with van der Waals surface area (Å²) in [7, 11) is 0. The number of hydrogen-bond acceptors (Lipinski definition) is 5. The van der Waals surface area contributed by atoms with Crippen LogP contribution in [0.1, 0.15) is 12.8 Å². The van der Waals surface area contributed by atoms with Crippen LogP contribution in [-0.4, -0.2) is 45.9 Å². The van der Waals surface area contributed by atoms with Crippen LogP contribution in [-0.2, 0) is 14.3 Å². The quantitative estimate of drug-likeness (QED) is 0.290. The van der Waals surface area contributed by atoms with Crippen LogP contribution < -0.4 is 0 Å². The van der Waals surface area contributed by atoms with Crippen LogP contribution in [0.25, 0.3) is 0 Å². The van der Waals surface area contributed by atoms with Gasteiger partial charge in [0.2, 0.25) is 0 Å². The van der Waals surface area contributed by atoms with Crippen LogP contribution in [0, 0.1) is 0 Å². The molecule has 0 heterocycles. The van der Waals surface area contributed by atoms with Gasteiger partial charge in [0.15, 0.2) is 0 Å². The van der Waals surface area contributed by atoms with E-state index in [0.717, 1.165) is 9.79 Å². The van der Waals surface area contributed by atoms with Crippen molar-refractivity contribution in [3.05, 3.63) is 85.0 Å². The van der Waals surface area contributed by atoms with Crippen LogP contribution >= 0.6 is 23.5 Å². The highest BCUT2D eigenvalue weighted by Crippen LogP contribution is 2.26. The fourth-order valence-electron chi connectivity index (χ4n) is 2.70. The van der Waals surface area contributed by atoms with Crippen molar-refractivity contribution in [2.75, 3.05) is 11.5 Å². The van der Waals surface area contributed by atoms with Crippen LogP contribution in [0.2, 0.25) is 0 Å². The first-order chi connectivity index (χ1) is 14.8. The number of hydrogen-bond donors (Lipinski definition) is 2. The molecule has 0 aromatic heterocycles. The molecule has 0 spiro atoms. The van der Waals surface area contributed by atoms with E-state index in [0.29, 0.717) is 11.5 Å². The Bertz CT molecular complexity index is 810. The highest BCUT2D eigenvalue weighted by Gasteiger charge is 2.23. The zero-order valence-electron chi connectivity index (χ0n) is 17.1. The van der Waals surface area contributed by atoms with E-state index >= 15 is 0 Å². The maximum atomic E-state index is 11.3. The van der Waals surface area contributed by atoms with Crippen LogP contribution in [0.3, 0.4) is 0 Å². The van der Waals surface area contributed by atoms with Gasteiger partial charge in [0.25, 0.3) is 0 Å². The molecule has 0 radical (unpaired) electrons. The summed E-state index contributed by atoms with van der Waals surface area (Å²) in [6.07, 6.45) is -0.559. The van der Waals surface area contributed by atoms with Gasteiger partial charge in [-0.15, -0.1) is 23.5 Å². The van der Waals surface area contributed by atoms with E-state index in [2.05, 4.69) is 13.2 Å². The second kappa shape index (κ2) is 13.0. The van der Waals surface area contributed by atoms with Crippen molar-refractivity contribution in [2.24, 2.45) is 0 Å². The number of thioether (sulfide) groups is 2. The summed E-state index contributed by atoms with van der Waals surface area (Å²) in [5.74, 6) is -1.10. The predicted octanol–water partition coefficient (Wildman–Crippen LogP) is 5.39. The third-order valence-electron chi connectivity index (χ3n) is 4.30. The number of carboxylic acid groups (broad SMARTS) is 2. The van der Waals surface area contributed by atoms with Gasteiger partial charge in [-0.2, -0.15) is 0 Å². The Morgan fingerprint density at radius 2 is 1.10 bits per heavy atom. The van der Waals surface area contributed by atoms with Crippen molar-refractivity contribution in [1.29, 1.82) is 0 Å². The molecule has 2 aromatic rings. The maximum absolute atomic E-state index is 11.3. The van der Waals surface area contributed by atoms with Gasteiger partial charge >= 0.3 is 11.9 Å². The molecular formula is C24H26O5S2. The molecule has 0 aliphatic carbocycles. The number of carbonyl (C=O) groups is 2. The number of aliphatic carboxylic acids is 2. The summed E-state index contributed by atoms with van der Waals surface area (Å²) in [5, 5.41) is 18.5. The molecule has 0 saturated heterocycles. The molecule has 0 fully saturated rings. The molecule has 5 nitrogen and oxygen atoms in total. The van der Waals surface area contributed by atoms with Crippen LogP contribution in [0.5, 0.6) is 0 Å². The lowest BCUT2D eigenvalue weighted by molar-refractivity contribution is -0.133. The predicted molar refractivity (Wildman–Crippen MR) is 126 cm³/mol. The number of carboxylic acids is 2. The average molecular weight is 459 g/mol. The molecule has 2 aromatic carbocycles. The monoisotopic (exact) mass is 458 g/mol. The summed E-state index contributed by atoms with van der Waals surface area (Å²) in [4.78, 5) is 24.7. The molecule has 7 heteroatoms. The second-order valence-electron chi connectivity index (χ2n) is 6.85. The van der Waals surface area contributed by atoms with Gasteiger partial charge < -0.3 is 14.9 Å². The topological polar surface area (TPSA) is 83.8 Å². The molecule has 2 N–H and O–H groups in total. The van der Waals surface area contributed by atoms with Crippen molar-refractivity contribution >= 4 is 35.5 Å². The van der Waals surface area contributed by atoms with E-state index in [9.17, 15) is 19.8 Å². The third kappa shape index (κ3) is 9.46. The maximum Gasteiger partial charge on any atom is 0.331 e. The number of benzene rings is 2. The summed E-state index contributed by atoms with van der Waals surface area (Å²) >= 11 is 3.12. The Morgan fingerprint density at radius 3 is 1.42 bits per heavy atom. The number of rotatable bonds is 14. The second-order valence-corrected chi connectivity index (χ2v) is 9.04. The van der Waals surface area contributed by atoms with Crippen molar-refractivity contribution in [1.82, 2.24) is 0 Å². The zero-order valence-corrected chi connectivity index (χ0v) is 18.7. The van der Waals surface area contributed by atoms with Gasteiger partial charge in [-0.25, -0.2) is 9.59 Å². The zero-order chi connectivity index (χ0) is 22.6. The Balaban J connectivity index is 2.10. The molecule has 0 amide bonds. The van der Waals surface area contributed by atoms with Crippen molar-refractivity contribution in [3.8, 4) is 0 Å². The summed E-state index contributed by atoms with van der Waals surface area (Å²) in [6.45, 7) is 7.27. The van der Waals surface area contributed by atoms with Crippen molar-refractivity contribution in [2.45, 2.75) is 34.8 Å². The minimum absolute atomic E-state index is 0.0604. The molecule has 2 rings (SSSR count). The van der Waals surface area contributed by atoms with E-state index in [-0.39, 0.29) is 24.0 Å². The first kappa shape index (κ1) is 24.8. The highest BCUT2D eigenvalue weighted by atomic mass is 32.2. The molecule has 0 aliphatic rings. The summed E-state index contributed by atoms with van der Waals surface area (Å²) < 4.78 is 6.25. The minimum Gasteiger partial charge on any atom is -0.478 e.